The Hall–Kier alpha value is -2.26. The summed E-state index contributed by atoms with van der Waals surface area (Å²) in [6.45, 7) is 2.61. The molecule has 0 radical (unpaired) electrons. The van der Waals surface area contributed by atoms with Gasteiger partial charge in [0.2, 0.25) is 0 Å². The van der Waals surface area contributed by atoms with E-state index in [1.807, 2.05) is 24.5 Å². The lowest BCUT2D eigenvalue weighted by molar-refractivity contribution is 0.0774. The van der Waals surface area contributed by atoms with Crippen LogP contribution in [0.4, 0.5) is 0 Å². The molecule has 2 fully saturated rings. The molecule has 0 aromatic carbocycles. The molecular weight excluding hydrogens is 358 g/mol. The molecular formula is C21H23N3O2S. The SMILES string of the molecule is CSc1nc(C2CC2)cc(C(=O)N(C)Cc2ccc(C3CC3C)o2)c1C#N. The molecule has 140 valence electrons. The highest BCUT2D eigenvalue weighted by atomic mass is 32.2. The van der Waals surface area contributed by atoms with Crippen LogP contribution in [0.15, 0.2) is 27.6 Å². The lowest BCUT2D eigenvalue weighted by Gasteiger charge is -2.18. The van der Waals surface area contributed by atoms with Gasteiger partial charge >= 0.3 is 0 Å². The van der Waals surface area contributed by atoms with Crippen molar-refractivity contribution in [1.29, 1.82) is 5.26 Å². The molecule has 0 spiro atoms. The van der Waals surface area contributed by atoms with Crippen molar-refractivity contribution in [3.8, 4) is 6.07 Å². The topological polar surface area (TPSA) is 70.1 Å². The number of amides is 1. The number of hydrogen-bond donors (Lipinski definition) is 0. The molecule has 2 aliphatic rings. The van der Waals surface area contributed by atoms with E-state index in [4.69, 9.17) is 4.42 Å². The monoisotopic (exact) mass is 381 g/mol. The van der Waals surface area contributed by atoms with Gasteiger partial charge in [-0.25, -0.2) is 4.98 Å². The fourth-order valence-corrected chi connectivity index (χ4v) is 4.02. The summed E-state index contributed by atoms with van der Waals surface area (Å²) in [5.74, 6) is 3.26. The van der Waals surface area contributed by atoms with Gasteiger partial charge in [-0.2, -0.15) is 5.26 Å². The highest BCUT2D eigenvalue weighted by Crippen LogP contribution is 2.47. The molecule has 0 bridgehead atoms. The molecule has 2 saturated carbocycles. The number of aromatic nitrogens is 1. The zero-order chi connectivity index (χ0) is 19.1. The van der Waals surface area contributed by atoms with Crippen molar-refractivity contribution < 1.29 is 9.21 Å². The van der Waals surface area contributed by atoms with Crippen LogP contribution in [0.3, 0.4) is 0 Å². The smallest absolute Gasteiger partial charge is 0.255 e. The lowest BCUT2D eigenvalue weighted by atomic mass is 10.1. The van der Waals surface area contributed by atoms with E-state index in [9.17, 15) is 10.1 Å². The Morgan fingerprint density at radius 3 is 2.78 bits per heavy atom. The van der Waals surface area contributed by atoms with Crippen LogP contribution >= 0.6 is 11.8 Å². The van der Waals surface area contributed by atoms with Crippen molar-refractivity contribution in [2.24, 2.45) is 5.92 Å². The number of hydrogen-bond acceptors (Lipinski definition) is 5. The van der Waals surface area contributed by atoms with Crippen molar-refractivity contribution in [2.45, 2.75) is 49.6 Å². The molecule has 0 aliphatic heterocycles. The van der Waals surface area contributed by atoms with Crippen LogP contribution in [0.1, 0.15) is 71.2 Å². The molecule has 4 rings (SSSR count). The second-order valence-corrected chi connectivity index (χ2v) is 8.44. The van der Waals surface area contributed by atoms with E-state index in [0.717, 1.165) is 30.1 Å². The Balaban J connectivity index is 1.56. The highest BCUT2D eigenvalue weighted by Gasteiger charge is 2.36. The van der Waals surface area contributed by atoms with Crippen molar-refractivity contribution in [2.75, 3.05) is 13.3 Å². The standard InChI is InChI=1S/C21H23N3O2S/c1-12-8-15(12)19-7-6-14(26-19)11-24(2)21(25)16-9-18(13-4-5-13)23-20(27-3)17(16)10-22/h6-7,9,12-13,15H,4-5,8,11H2,1-3H3. The molecule has 0 N–H and O–H groups in total. The Kier molecular flexibility index (Phi) is 4.73. The molecule has 1 amide bonds. The number of nitrogens with zero attached hydrogens (tertiary/aromatic N) is 3. The third-order valence-corrected chi connectivity index (χ3v) is 6.12. The number of nitriles is 1. The molecule has 2 aliphatic carbocycles. The third-order valence-electron chi connectivity index (χ3n) is 5.43. The molecule has 2 unspecified atom stereocenters. The molecule has 2 aromatic heterocycles. The predicted octanol–water partition coefficient (Wildman–Crippen LogP) is 4.54. The molecule has 6 heteroatoms. The summed E-state index contributed by atoms with van der Waals surface area (Å²) in [4.78, 5) is 19.3. The number of carbonyl (C=O) groups excluding carboxylic acids is 1. The normalized spacial score (nSPS) is 21.0. The summed E-state index contributed by atoms with van der Waals surface area (Å²) in [6.07, 6.45) is 5.27. The summed E-state index contributed by atoms with van der Waals surface area (Å²) in [6, 6.07) is 7.96. The molecule has 0 saturated heterocycles. The summed E-state index contributed by atoms with van der Waals surface area (Å²) < 4.78 is 5.93. The number of thioether (sulfide) groups is 1. The molecule has 5 nitrogen and oxygen atoms in total. The number of carbonyl (C=O) groups is 1. The Morgan fingerprint density at radius 1 is 1.44 bits per heavy atom. The minimum Gasteiger partial charge on any atom is -0.464 e. The van der Waals surface area contributed by atoms with Crippen molar-refractivity contribution in [1.82, 2.24) is 9.88 Å². The van der Waals surface area contributed by atoms with Crippen LogP contribution in [0, 0.1) is 17.2 Å². The van der Waals surface area contributed by atoms with Gasteiger partial charge in [-0.05, 0) is 49.6 Å². The van der Waals surface area contributed by atoms with Crippen molar-refractivity contribution >= 4 is 17.7 Å². The minimum atomic E-state index is -0.163. The Labute approximate surface area is 163 Å². The van der Waals surface area contributed by atoms with Gasteiger partial charge in [0.25, 0.3) is 5.91 Å². The largest absolute Gasteiger partial charge is 0.464 e. The van der Waals surface area contributed by atoms with Gasteiger partial charge in [0.15, 0.2) is 0 Å². The Morgan fingerprint density at radius 2 is 2.19 bits per heavy atom. The zero-order valence-electron chi connectivity index (χ0n) is 15.9. The van der Waals surface area contributed by atoms with Crippen LogP contribution in [0.2, 0.25) is 0 Å². The van der Waals surface area contributed by atoms with Gasteiger partial charge in [-0.3, -0.25) is 4.79 Å². The van der Waals surface area contributed by atoms with Crippen molar-refractivity contribution in [3.05, 3.63) is 46.5 Å². The first-order chi connectivity index (χ1) is 13.0. The average molecular weight is 382 g/mol. The minimum absolute atomic E-state index is 0.163. The summed E-state index contributed by atoms with van der Waals surface area (Å²) >= 11 is 1.42. The van der Waals surface area contributed by atoms with E-state index in [0.29, 0.717) is 40.5 Å². The fraction of sp³-hybridized carbons (Fsp3) is 0.476. The number of pyridine rings is 1. The fourth-order valence-electron chi connectivity index (χ4n) is 3.46. The van der Waals surface area contributed by atoms with E-state index in [2.05, 4.69) is 18.0 Å². The van der Waals surface area contributed by atoms with E-state index < -0.39 is 0 Å². The maximum atomic E-state index is 13.1. The van der Waals surface area contributed by atoms with E-state index >= 15 is 0 Å². The quantitative estimate of drug-likeness (QED) is 0.687. The number of rotatable bonds is 6. The summed E-state index contributed by atoms with van der Waals surface area (Å²) in [5.41, 5.74) is 1.75. The lowest BCUT2D eigenvalue weighted by Crippen LogP contribution is -2.27. The van der Waals surface area contributed by atoms with Gasteiger partial charge in [-0.15, -0.1) is 11.8 Å². The van der Waals surface area contributed by atoms with Crippen LogP contribution in [0.25, 0.3) is 0 Å². The maximum absolute atomic E-state index is 13.1. The summed E-state index contributed by atoms with van der Waals surface area (Å²) in [7, 11) is 1.75. The van der Waals surface area contributed by atoms with Gasteiger partial charge < -0.3 is 9.32 Å². The average Bonchev–Trinajstić information content (AvgIpc) is 3.59. The molecule has 2 aromatic rings. The van der Waals surface area contributed by atoms with E-state index in [-0.39, 0.29) is 5.91 Å². The zero-order valence-corrected chi connectivity index (χ0v) is 16.7. The maximum Gasteiger partial charge on any atom is 0.255 e. The van der Waals surface area contributed by atoms with Gasteiger partial charge in [0.1, 0.15) is 22.6 Å². The molecule has 2 heterocycles. The number of furan rings is 1. The first-order valence-electron chi connectivity index (χ1n) is 9.35. The third kappa shape index (κ3) is 3.61. The molecule has 27 heavy (non-hydrogen) atoms. The first kappa shape index (κ1) is 18.1. The molecule has 2 atom stereocenters. The van der Waals surface area contributed by atoms with Crippen LogP contribution in [0.5, 0.6) is 0 Å². The Bertz CT molecular complexity index is 926. The van der Waals surface area contributed by atoms with E-state index in [1.54, 1.807) is 11.9 Å². The van der Waals surface area contributed by atoms with Gasteiger partial charge in [-0.1, -0.05) is 6.92 Å². The summed E-state index contributed by atoms with van der Waals surface area (Å²) in [5, 5.41) is 10.2. The predicted molar refractivity (Wildman–Crippen MR) is 104 cm³/mol. The van der Waals surface area contributed by atoms with E-state index in [1.165, 1.54) is 18.2 Å². The van der Waals surface area contributed by atoms with Gasteiger partial charge in [0.05, 0.1) is 17.7 Å². The van der Waals surface area contributed by atoms with Crippen molar-refractivity contribution in [3.63, 3.8) is 0 Å². The first-order valence-corrected chi connectivity index (χ1v) is 10.6. The highest BCUT2D eigenvalue weighted by molar-refractivity contribution is 7.98. The van der Waals surface area contributed by atoms with Crippen LogP contribution < -0.4 is 0 Å². The van der Waals surface area contributed by atoms with Crippen LogP contribution in [-0.4, -0.2) is 29.1 Å². The van der Waals surface area contributed by atoms with Gasteiger partial charge in [0, 0.05) is 24.6 Å². The van der Waals surface area contributed by atoms with Crippen LogP contribution in [-0.2, 0) is 6.54 Å². The second-order valence-electron chi connectivity index (χ2n) is 7.65. The second kappa shape index (κ2) is 7.05.